The van der Waals surface area contributed by atoms with Crippen molar-refractivity contribution in [3.05, 3.63) is 29.6 Å². The van der Waals surface area contributed by atoms with Crippen molar-refractivity contribution in [2.75, 3.05) is 26.2 Å². The lowest BCUT2D eigenvalue weighted by molar-refractivity contribution is 0.0691. The van der Waals surface area contributed by atoms with Gasteiger partial charge in [0.05, 0.1) is 6.54 Å². The third kappa shape index (κ3) is 3.12. The number of carboxylic acids is 1. The van der Waals surface area contributed by atoms with Crippen molar-refractivity contribution in [1.82, 2.24) is 10.2 Å². The number of ether oxygens (including phenoxy) is 1. The molecule has 1 aromatic carbocycles. The zero-order valence-corrected chi connectivity index (χ0v) is 10.1. The van der Waals surface area contributed by atoms with Crippen LogP contribution in [-0.4, -0.2) is 48.2 Å². The lowest BCUT2D eigenvalue weighted by Gasteiger charge is -2.15. The van der Waals surface area contributed by atoms with Gasteiger partial charge in [-0.3, -0.25) is 0 Å². The number of urea groups is 1. The van der Waals surface area contributed by atoms with Crippen LogP contribution in [0.5, 0.6) is 5.75 Å². The predicted octanol–water partition coefficient (Wildman–Crippen LogP) is 0.928. The van der Waals surface area contributed by atoms with E-state index in [1.54, 1.807) is 4.90 Å². The van der Waals surface area contributed by atoms with Crippen LogP contribution in [0.3, 0.4) is 0 Å². The van der Waals surface area contributed by atoms with Crippen molar-refractivity contribution in [3.8, 4) is 5.75 Å². The summed E-state index contributed by atoms with van der Waals surface area (Å²) in [5.74, 6) is -1.80. The van der Waals surface area contributed by atoms with Crippen LogP contribution < -0.4 is 10.1 Å². The largest absolute Gasteiger partial charge is 0.491 e. The normalized spacial score (nSPS) is 14.4. The first-order valence-corrected chi connectivity index (χ1v) is 5.76. The van der Waals surface area contributed by atoms with Gasteiger partial charge in [0.25, 0.3) is 0 Å². The van der Waals surface area contributed by atoms with Gasteiger partial charge < -0.3 is 20.1 Å². The van der Waals surface area contributed by atoms with E-state index in [-0.39, 0.29) is 24.0 Å². The van der Waals surface area contributed by atoms with Crippen LogP contribution >= 0.6 is 0 Å². The average molecular weight is 268 g/mol. The maximum absolute atomic E-state index is 12.9. The zero-order valence-electron chi connectivity index (χ0n) is 10.1. The highest BCUT2D eigenvalue weighted by molar-refractivity contribution is 5.90. The first-order valence-electron chi connectivity index (χ1n) is 5.76. The van der Waals surface area contributed by atoms with Crippen LogP contribution in [0, 0.1) is 5.82 Å². The minimum Gasteiger partial charge on any atom is -0.491 e. The molecular formula is C12H13FN2O4. The lowest BCUT2D eigenvalue weighted by atomic mass is 10.2. The Bertz CT molecular complexity index is 507. The zero-order chi connectivity index (χ0) is 13.8. The molecule has 1 aromatic rings. The molecule has 2 rings (SSSR count). The molecule has 1 fully saturated rings. The van der Waals surface area contributed by atoms with Crippen LogP contribution in [-0.2, 0) is 0 Å². The van der Waals surface area contributed by atoms with Crippen LogP contribution in [0.15, 0.2) is 18.2 Å². The molecule has 0 atom stereocenters. The molecule has 1 aliphatic rings. The third-order valence-corrected chi connectivity index (χ3v) is 2.74. The summed E-state index contributed by atoms with van der Waals surface area (Å²) in [6.07, 6.45) is 0. The predicted molar refractivity (Wildman–Crippen MR) is 63.8 cm³/mol. The minimum absolute atomic E-state index is 0.0912. The molecular weight excluding hydrogens is 255 g/mol. The quantitative estimate of drug-likeness (QED) is 0.832. The fourth-order valence-electron chi connectivity index (χ4n) is 1.79. The number of nitrogens with one attached hydrogen (secondary N) is 1. The molecule has 0 aliphatic carbocycles. The summed E-state index contributed by atoms with van der Waals surface area (Å²) in [6, 6.07) is 3.13. The molecule has 0 bridgehead atoms. The number of hydrogen-bond donors (Lipinski definition) is 2. The second-order valence-electron chi connectivity index (χ2n) is 4.01. The number of carboxylic acid groups (broad SMARTS) is 1. The molecule has 19 heavy (non-hydrogen) atoms. The number of amides is 2. The number of carbonyl (C=O) groups excluding carboxylic acids is 1. The standard InChI is InChI=1S/C12H13FN2O4/c13-8-1-2-10(9(7-8)11(16)17)19-6-5-15-4-3-14-12(15)18/h1-2,7H,3-6H2,(H,14,18)(H,16,17). The van der Waals surface area contributed by atoms with Gasteiger partial charge in [-0.2, -0.15) is 0 Å². The SMILES string of the molecule is O=C(O)c1cc(F)ccc1OCCN1CCNC1=O. The molecule has 6 nitrogen and oxygen atoms in total. The van der Waals surface area contributed by atoms with Crippen LogP contribution in [0.1, 0.15) is 10.4 Å². The Hall–Kier alpha value is -2.31. The van der Waals surface area contributed by atoms with Gasteiger partial charge in [0.2, 0.25) is 0 Å². The second kappa shape index (κ2) is 5.55. The fourth-order valence-corrected chi connectivity index (χ4v) is 1.79. The van der Waals surface area contributed by atoms with Crippen LogP contribution in [0.4, 0.5) is 9.18 Å². The van der Waals surface area contributed by atoms with Gasteiger partial charge in [-0.25, -0.2) is 14.0 Å². The maximum Gasteiger partial charge on any atom is 0.339 e. The third-order valence-electron chi connectivity index (χ3n) is 2.74. The van der Waals surface area contributed by atoms with E-state index in [4.69, 9.17) is 9.84 Å². The Balaban J connectivity index is 1.95. The van der Waals surface area contributed by atoms with E-state index in [0.29, 0.717) is 19.6 Å². The van der Waals surface area contributed by atoms with Crippen LogP contribution in [0.25, 0.3) is 0 Å². The molecule has 0 unspecified atom stereocenters. The number of carbonyl (C=O) groups is 2. The second-order valence-corrected chi connectivity index (χ2v) is 4.01. The summed E-state index contributed by atoms with van der Waals surface area (Å²) >= 11 is 0. The van der Waals surface area contributed by atoms with E-state index in [9.17, 15) is 14.0 Å². The van der Waals surface area contributed by atoms with Crippen molar-refractivity contribution < 1.29 is 23.8 Å². The highest BCUT2D eigenvalue weighted by Crippen LogP contribution is 2.19. The van der Waals surface area contributed by atoms with Crippen molar-refractivity contribution in [2.24, 2.45) is 0 Å². The molecule has 1 heterocycles. The summed E-state index contributed by atoms with van der Waals surface area (Å²) < 4.78 is 18.2. The maximum atomic E-state index is 12.9. The number of halogens is 1. The van der Waals surface area contributed by atoms with E-state index in [1.807, 2.05) is 0 Å². The van der Waals surface area contributed by atoms with Crippen molar-refractivity contribution in [3.63, 3.8) is 0 Å². The Kier molecular flexibility index (Phi) is 3.84. The lowest BCUT2D eigenvalue weighted by Crippen LogP contribution is -2.32. The van der Waals surface area contributed by atoms with Crippen molar-refractivity contribution >= 4 is 12.0 Å². The van der Waals surface area contributed by atoms with Gasteiger partial charge in [-0.05, 0) is 18.2 Å². The van der Waals surface area contributed by atoms with Gasteiger partial charge >= 0.3 is 12.0 Å². The smallest absolute Gasteiger partial charge is 0.339 e. The van der Waals surface area contributed by atoms with Gasteiger partial charge in [0.1, 0.15) is 23.7 Å². The molecule has 1 aliphatic heterocycles. The molecule has 1 saturated heterocycles. The molecule has 7 heteroatoms. The summed E-state index contributed by atoms with van der Waals surface area (Å²) in [5.41, 5.74) is -0.231. The van der Waals surface area contributed by atoms with Gasteiger partial charge in [0, 0.05) is 13.1 Å². The molecule has 102 valence electrons. The van der Waals surface area contributed by atoms with Crippen LogP contribution in [0.2, 0.25) is 0 Å². The Morgan fingerprint density at radius 3 is 2.95 bits per heavy atom. The van der Waals surface area contributed by atoms with Gasteiger partial charge in [0.15, 0.2) is 0 Å². The first-order chi connectivity index (χ1) is 9.08. The van der Waals surface area contributed by atoms with Gasteiger partial charge in [-0.1, -0.05) is 0 Å². The topological polar surface area (TPSA) is 78.9 Å². The molecule has 2 N–H and O–H groups in total. The van der Waals surface area contributed by atoms with E-state index < -0.39 is 11.8 Å². The van der Waals surface area contributed by atoms with E-state index in [1.165, 1.54) is 6.07 Å². The average Bonchev–Trinajstić information content (AvgIpc) is 2.77. The molecule has 2 amide bonds. The first kappa shape index (κ1) is 13.1. The number of aromatic carboxylic acids is 1. The molecule has 0 radical (unpaired) electrons. The Morgan fingerprint density at radius 1 is 1.53 bits per heavy atom. The minimum atomic E-state index is -1.26. The molecule has 0 saturated carbocycles. The number of nitrogens with zero attached hydrogens (tertiary/aromatic N) is 1. The van der Waals surface area contributed by atoms with Gasteiger partial charge in [-0.15, -0.1) is 0 Å². The monoisotopic (exact) mass is 268 g/mol. The molecule has 0 aromatic heterocycles. The van der Waals surface area contributed by atoms with E-state index in [2.05, 4.69) is 5.32 Å². The number of rotatable bonds is 5. The highest BCUT2D eigenvalue weighted by atomic mass is 19.1. The molecule has 0 spiro atoms. The fraction of sp³-hybridized carbons (Fsp3) is 0.333. The Morgan fingerprint density at radius 2 is 2.32 bits per heavy atom. The van der Waals surface area contributed by atoms with E-state index in [0.717, 1.165) is 12.1 Å². The van der Waals surface area contributed by atoms with Crippen molar-refractivity contribution in [2.45, 2.75) is 0 Å². The summed E-state index contributed by atoms with van der Waals surface area (Å²) in [7, 11) is 0. The van der Waals surface area contributed by atoms with Crippen molar-refractivity contribution in [1.29, 1.82) is 0 Å². The van der Waals surface area contributed by atoms with E-state index >= 15 is 0 Å². The summed E-state index contributed by atoms with van der Waals surface area (Å²) in [5, 5.41) is 11.6. The number of benzene rings is 1. The highest BCUT2D eigenvalue weighted by Gasteiger charge is 2.19. The number of hydrogen-bond acceptors (Lipinski definition) is 3. The Labute approximate surface area is 108 Å². The summed E-state index contributed by atoms with van der Waals surface area (Å²) in [6.45, 7) is 1.69. The summed E-state index contributed by atoms with van der Waals surface area (Å²) in [4.78, 5) is 23.7.